The summed E-state index contributed by atoms with van der Waals surface area (Å²) in [6.45, 7) is 5.77. The Morgan fingerprint density at radius 1 is 1.29 bits per heavy atom. The fraction of sp³-hybridized carbons (Fsp3) is 0.333. The first-order chi connectivity index (χ1) is 9.96. The van der Waals surface area contributed by atoms with Crippen LogP contribution in [0.4, 0.5) is 0 Å². The summed E-state index contributed by atoms with van der Waals surface area (Å²) in [5, 5.41) is 1.12. The van der Waals surface area contributed by atoms with Crippen LogP contribution in [-0.2, 0) is 16.0 Å². The normalized spacial score (nSPS) is 12.0. The molecule has 0 saturated carbocycles. The third kappa shape index (κ3) is 3.48. The summed E-state index contributed by atoms with van der Waals surface area (Å²) in [5.74, 6) is -0.245. The lowest BCUT2D eigenvalue weighted by atomic mass is 9.92. The number of nitrogens with zero attached hydrogens (tertiary/aromatic N) is 1. The minimum absolute atomic E-state index is 0.245. The minimum Gasteiger partial charge on any atom is -0.468 e. The fourth-order valence-electron chi connectivity index (χ4n) is 2.11. The van der Waals surface area contributed by atoms with E-state index in [4.69, 9.17) is 4.74 Å². The molecule has 0 atom stereocenters. The summed E-state index contributed by atoms with van der Waals surface area (Å²) in [4.78, 5) is 16.3. The average molecular weight is 283 g/mol. The van der Waals surface area contributed by atoms with Gasteiger partial charge in [-0.3, -0.25) is 9.78 Å². The Hall–Kier alpha value is -2.16. The van der Waals surface area contributed by atoms with Gasteiger partial charge in [0.25, 0.3) is 0 Å². The molecule has 0 aliphatic heterocycles. The fourth-order valence-corrected chi connectivity index (χ4v) is 2.11. The van der Waals surface area contributed by atoms with E-state index in [1.807, 2.05) is 44.2 Å². The van der Waals surface area contributed by atoms with Crippen molar-refractivity contribution in [3.8, 4) is 0 Å². The van der Waals surface area contributed by atoms with Gasteiger partial charge in [0.1, 0.15) is 0 Å². The molecule has 3 nitrogen and oxygen atoms in total. The molecule has 0 N–H and O–H groups in total. The van der Waals surface area contributed by atoms with Gasteiger partial charge in [0.05, 0.1) is 18.0 Å². The van der Waals surface area contributed by atoms with Crippen molar-refractivity contribution >= 4 is 22.9 Å². The number of hydrogen-bond donors (Lipinski definition) is 0. The largest absolute Gasteiger partial charge is 0.468 e. The van der Waals surface area contributed by atoms with Gasteiger partial charge in [-0.2, -0.15) is 0 Å². The summed E-state index contributed by atoms with van der Waals surface area (Å²) < 4.78 is 4.80. The zero-order chi connectivity index (χ0) is 15.5. The molecular formula is C18H21NO2. The van der Waals surface area contributed by atoms with E-state index in [0.29, 0.717) is 0 Å². The molecule has 2 aromatic rings. The van der Waals surface area contributed by atoms with E-state index in [9.17, 15) is 4.79 Å². The van der Waals surface area contributed by atoms with Crippen LogP contribution in [-0.4, -0.2) is 18.1 Å². The van der Waals surface area contributed by atoms with E-state index in [1.165, 1.54) is 7.11 Å². The third-order valence-corrected chi connectivity index (χ3v) is 3.54. The topological polar surface area (TPSA) is 39.2 Å². The molecule has 0 saturated heterocycles. The smallest absolute Gasteiger partial charge is 0.315 e. The number of esters is 1. The predicted molar refractivity (Wildman–Crippen MR) is 86.0 cm³/mol. The van der Waals surface area contributed by atoms with Gasteiger partial charge < -0.3 is 4.74 Å². The van der Waals surface area contributed by atoms with Crippen LogP contribution in [0.5, 0.6) is 0 Å². The van der Waals surface area contributed by atoms with E-state index < -0.39 is 5.41 Å². The second-order valence-corrected chi connectivity index (χ2v) is 5.65. The molecule has 0 amide bonds. The van der Waals surface area contributed by atoms with Gasteiger partial charge in [0.15, 0.2) is 0 Å². The molecule has 0 unspecified atom stereocenters. The summed E-state index contributed by atoms with van der Waals surface area (Å²) in [7, 11) is 1.41. The van der Waals surface area contributed by atoms with Crippen LogP contribution < -0.4 is 0 Å². The first-order valence-corrected chi connectivity index (χ1v) is 7.13. The molecule has 0 spiro atoms. The van der Waals surface area contributed by atoms with Gasteiger partial charge in [-0.15, -0.1) is 0 Å². The van der Waals surface area contributed by atoms with Crippen molar-refractivity contribution in [1.82, 2.24) is 4.98 Å². The summed E-state index contributed by atoms with van der Waals surface area (Å²) in [6, 6.07) is 10.3. The van der Waals surface area contributed by atoms with Gasteiger partial charge >= 0.3 is 5.97 Å². The molecule has 1 aromatic heterocycles. The highest BCUT2D eigenvalue weighted by Crippen LogP contribution is 2.22. The second kappa shape index (κ2) is 6.08. The van der Waals surface area contributed by atoms with Crippen LogP contribution in [0.1, 0.15) is 32.0 Å². The van der Waals surface area contributed by atoms with Gasteiger partial charge in [-0.05, 0) is 38.0 Å². The molecule has 0 radical (unpaired) electrons. The maximum atomic E-state index is 11.7. The molecular weight excluding hydrogens is 262 g/mol. The van der Waals surface area contributed by atoms with Crippen LogP contribution in [0, 0.1) is 5.41 Å². The van der Waals surface area contributed by atoms with Gasteiger partial charge in [-0.1, -0.05) is 37.3 Å². The number of carbonyl (C=O) groups is 1. The summed E-state index contributed by atoms with van der Waals surface area (Å²) in [5.41, 5.74) is 2.45. The maximum Gasteiger partial charge on any atom is 0.315 e. The first kappa shape index (κ1) is 15.2. The average Bonchev–Trinajstić information content (AvgIpc) is 2.51. The van der Waals surface area contributed by atoms with Crippen molar-refractivity contribution < 1.29 is 9.53 Å². The highest BCUT2D eigenvalue weighted by atomic mass is 16.5. The highest BCUT2D eigenvalue weighted by Gasteiger charge is 2.24. The number of ether oxygens (including phenoxy) is 1. The molecule has 0 aliphatic carbocycles. The number of carbonyl (C=O) groups excluding carboxylic acids is 1. The summed E-state index contributed by atoms with van der Waals surface area (Å²) in [6.07, 6.45) is 4.73. The quantitative estimate of drug-likeness (QED) is 0.796. The number of rotatable bonds is 4. The number of benzene rings is 1. The molecule has 3 heteroatoms. The van der Waals surface area contributed by atoms with E-state index in [-0.39, 0.29) is 5.97 Å². The Morgan fingerprint density at radius 3 is 2.67 bits per heavy atom. The number of pyridine rings is 1. The lowest BCUT2D eigenvalue weighted by Crippen LogP contribution is -2.22. The zero-order valence-corrected chi connectivity index (χ0v) is 13.0. The van der Waals surface area contributed by atoms with Crippen LogP contribution in [0.2, 0.25) is 0 Å². The van der Waals surface area contributed by atoms with Crippen molar-refractivity contribution in [2.45, 2.75) is 27.2 Å². The highest BCUT2D eigenvalue weighted by molar-refractivity contribution is 5.83. The van der Waals surface area contributed by atoms with Crippen LogP contribution in [0.25, 0.3) is 17.0 Å². The predicted octanol–water partition coefficient (Wildman–Crippen LogP) is 4.01. The van der Waals surface area contributed by atoms with E-state index in [0.717, 1.165) is 28.6 Å². The molecule has 0 aliphatic rings. The van der Waals surface area contributed by atoms with Crippen LogP contribution in [0.15, 0.2) is 36.4 Å². The van der Waals surface area contributed by atoms with Crippen molar-refractivity contribution in [1.29, 1.82) is 0 Å². The number of methoxy groups -OCH3 is 1. The van der Waals surface area contributed by atoms with Gasteiger partial charge in [0, 0.05) is 11.1 Å². The molecule has 1 heterocycles. The Labute approximate surface area is 125 Å². The van der Waals surface area contributed by atoms with Crippen molar-refractivity contribution in [2.24, 2.45) is 5.41 Å². The lowest BCUT2D eigenvalue weighted by molar-refractivity contribution is -0.148. The van der Waals surface area contributed by atoms with Crippen molar-refractivity contribution in [2.75, 3.05) is 7.11 Å². The molecule has 1 aromatic carbocycles. The minimum atomic E-state index is -0.637. The Kier molecular flexibility index (Phi) is 4.41. The van der Waals surface area contributed by atoms with Crippen molar-refractivity contribution in [3.63, 3.8) is 0 Å². The molecule has 2 rings (SSSR count). The molecule has 0 fully saturated rings. The molecule has 110 valence electrons. The van der Waals surface area contributed by atoms with E-state index >= 15 is 0 Å². The van der Waals surface area contributed by atoms with Gasteiger partial charge in [0.2, 0.25) is 0 Å². The Balaban J connectivity index is 2.32. The summed E-state index contributed by atoms with van der Waals surface area (Å²) >= 11 is 0. The first-order valence-electron chi connectivity index (χ1n) is 7.13. The van der Waals surface area contributed by atoms with E-state index in [1.54, 1.807) is 0 Å². The third-order valence-electron chi connectivity index (χ3n) is 3.54. The Morgan fingerprint density at radius 2 is 2.00 bits per heavy atom. The monoisotopic (exact) mass is 283 g/mol. The number of aromatic nitrogens is 1. The number of fused-ring (bicyclic) bond motifs is 1. The molecule has 0 bridgehead atoms. The molecule has 21 heavy (non-hydrogen) atoms. The Bertz CT molecular complexity index is 687. The second-order valence-electron chi connectivity index (χ2n) is 5.65. The number of hydrogen-bond acceptors (Lipinski definition) is 3. The van der Waals surface area contributed by atoms with E-state index in [2.05, 4.69) is 24.0 Å². The maximum absolute atomic E-state index is 11.7. The standard InChI is InChI=1S/C18H21NO2/c1-5-15-9-8-14-7-6-13(12-16(14)19-15)10-11-18(2,3)17(20)21-4/h6-12H,5H2,1-4H3. The van der Waals surface area contributed by atoms with Crippen LogP contribution >= 0.6 is 0 Å². The van der Waals surface area contributed by atoms with Gasteiger partial charge in [-0.25, -0.2) is 0 Å². The number of aryl methyl sites for hydroxylation is 1. The SMILES string of the molecule is CCc1ccc2ccc(C=CC(C)(C)C(=O)OC)cc2n1. The lowest BCUT2D eigenvalue weighted by Gasteiger charge is -2.16. The zero-order valence-electron chi connectivity index (χ0n) is 13.0. The van der Waals surface area contributed by atoms with Crippen LogP contribution in [0.3, 0.4) is 0 Å². The van der Waals surface area contributed by atoms with Crippen molar-refractivity contribution in [3.05, 3.63) is 47.7 Å².